The molecule has 0 saturated heterocycles. The maximum absolute atomic E-state index is 12.7. The quantitative estimate of drug-likeness (QED) is 0.299. The predicted octanol–water partition coefficient (Wildman–Crippen LogP) is 2.84. The van der Waals surface area contributed by atoms with Crippen LogP contribution in [0.25, 0.3) is 0 Å². The number of ether oxygens (including phenoxy) is 2. The smallest absolute Gasteiger partial charge is 0.323 e. The molecule has 186 valence electrons. The molecule has 8 heteroatoms. The molecule has 32 heavy (non-hydrogen) atoms. The Labute approximate surface area is 193 Å². The van der Waals surface area contributed by atoms with Crippen molar-refractivity contribution >= 4 is 18.3 Å². The van der Waals surface area contributed by atoms with Gasteiger partial charge in [0.2, 0.25) is 6.41 Å². The van der Waals surface area contributed by atoms with Gasteiger partial charge in [0.1, 0.15) is 18.2 Å². The topological polar surface area (TPSA) is 96.4 Å². The third-order valence-corrected chi connectivity index (χ3v) is 6.08. The minimum Gasteiger partial charge on any atom is -0.462 e. The molecule has 0 bridgehead atoms. The Kier molecular flexibility index (Phi) is 14.1. The fourth-order valence-electron chi connectivity index (χ4n) is 3.42. The summed E-state index contributed by atoms with van der Waals surface area (Å²) in [5.74, 6) is -1.24. The number of carbonyl (C=O) groups excluding carboxylic acids is 3. The molecule has 0 aliphatic heterocycles. The van der Waals surface area contributed by atoms with Gasteiger partial charge in [0.05, 0.1) is 6.10 Å². The molecule has 0 spiro atoms. The molecule has 1 amide bonds. The van der Waals surface area contributed by atoms with Crippen LogP contribution < -0.4 is 0 Å². The molecule has 0 aromatic carbocycles. The first-order chi connectivity index (χ1) is 14.8. The summed E-state index contributed by atoms with van der Waals surface area (Å²) in [5.41, 5.74) is 0. The SMILES string of the molecule is CC[C@@H](O)[C@@H](C)CC[C@@H](OC(=O)C(C)N(C)C)[C@H](C)[C@H](OC(C)=O)[C@H](C)/C=C/N(C)C=O. The van der Waals surface area contributed by atoms with Crippen LogP contribution in [0.15, 0.2) is 12.3 Å². The van der Waals surface area contributed by atoms with Crippen molar-refractivity contribution in [2.24, 2.45) is 17.8 Å². The van der Waals surface area contributed by atoms with Gasteiger partial charge in [-0.1, -0.05) is 33.8 Å². The van der Waals surface area contributed by atoms with Gasteiger partial charge in [-0.3, -0.25) is 19.3 Å². The molecule has 0 saturated carbocycles. The second-order valence-electron chi connectivity index (χ2n) is 9.05. The zero-order valence-corrected chi connectivity index (χ0v) is 21.3. The van der Waals surface area contributed by atoms with Crippen molar-refractivity contribution in [1.82, 2.24) is 9.80 Å². The molecular formula is C24H44N2O6. The number of aliphatic hydroxyl groups excluding tert-OH is 1. The van der Waals surface area contributed by atoms with E-state index in [0.717, 1.165) is 0 Å². The molecule has 0 fully saturated rings. The van der Waals surface area contributed by atoms with E-state index in [1.54, 1.807) is 31.1 Å². The molecular weight excluding hydrogens is 412 g/mol. The highest BCUT2D eigenvalue weighted by molar-refractivity contribution is 5.75. The number of hydrogen-bond acceptors (Lipinski definition) is 7. The lowest BCUT2D eigenvalue weighted by Crippen LogP contribution is -2.43. The molecule has 0 rings (SSSR count). The van der Waals surface area contributed by atoms with E-state index in [4.69, 9.17) is 9.47 Å². The number of esters is 2. The van der Waals surface area contributed by atoms with Crippen molar-refractivity contribution in [2.45, 2.75) is 85.2 Å². The minimum atomic E-state index is -0.553. The van der Waals surface area contributed by atoms with E-state index < -0.39 is 30.3 Å². The first kappa shape index (κ1) is 30.1. The number of hydrogen-bond donors (Lipinski definition) is 1. The molecule has 8 nitrogen and oxygen atoms in total. The van der Waals surface area contributed by atoms with E-state index in [1.807, 2.05) is 41.8 Å². The van der Waals surface area contributed by atoms with Crippen LogP contribution >= 0.6 is 0 Å². The molecule has 1 unspecified atom stereocenters. The van der Waals surface area contributed by atoms with Crippen LogP contribution in [0.1, 0.15) is 60.8 Å². The molecule has 1 N–H and O–H groups in total. The Hall–Kier alpha value is -1.93. The van der Waals surface area contributed by atoms with Crippen LogP contribution in [-0.4, -0.2) is 78.8 Å². The Morgan fingerprint density at radius 2 is 1.62 bits per heavy atom. The molecule has 0 aliphatic rings. The summed E-state index contributed by atoms with van der Waals surface area (Å²) in [6, 6.07) is -0.422. The van der Waals surface area contributed by atoms with Crippen LogP contribution in [0.5, 0.6) is 0 Å². The van der Waals surface area contributed by atoms with E-state index in [0.29, 0.717) is 25.7 Å². The summed E-state index contributed by atoms with van der Waals surface area (Å²) in [4.78, 5) is 38.6. The zero-order chi connectivity index (χ0) is 25.0. The third-order valence-electron chi connectivity index (χ3n) is 6.08. The Bertz CT molecular complexity index is 609. The molecule has 0 aliphatic carbocycles. The van der Waals surface area contributed by atoms with E-state index in [1.165, 1.54) is 11.8 Å². The molecule has 0 aromatic heterocycles. The summed E-state index contributed by atoms with van der Waals surface area (Å²) in [7, 11) is 5.23. The average molecular weight is 457 g/mol. The van der Waals surface area contributed by atoms with Gasteiger partial charge in [-0.2, -0.15) is 0 Å². The van der Waals surface area contributed by atoms with Crippen molar-refractivity contribution in [3.63, 3.8) is 0 Å². The maximum atomic E-state index is 12.7. The highest BCUT2D eigenvalue weighted by Crippen LogP contribution is 2.28. The first-order valence-electron chi connectivity index (χ1n) is 11.4. The Balaban J connectivity index is 5.76. The highest BCUT2D eigenvalue weighted by Gasteiger charge is 2.35. The number of likely N-dealkylation sites (N-methyl/N-ethyl adjacent to an activating group) is 1. The molecule has 0 heterocycles. The van der Waals surface area contributed by atoms with Crippen molar-refractivity contribution in [3.8, 4) is 0 Å². The van der Waals surface area contributed by atoms with Gasteiger partial charge in [0.25, 0.3) is 0 Å². The molecule has 0 aromatic rings. The zero-order valence-electron chi connectivity index (χ0n) is 21.3. The van der Waals surface area contributed by atoms with Gasteiger partial charge in [0, 0.05) is 32.0 Å². The second-order valence-corrected chi connectivity index (χ2v) is 9.05. The molecule has 0 radical (unpaired) electrons. The predicted molar refractivity (Wildman–Crippen MR) is 125 cm³/mol. The summed E-state index contributed by atoms with van der Waals surface area (Å²) >= 11 is 0. The minimum absolute atomic E-state index is 0.0467. The lowest BCUT2D eigenvalue weighted by Gasteiger charge is -2.34. The number of aliphatic hydroxyl groups is 1. The lowest BCUT2D eigenvalue weighted by molar-refractivity contribution is -0.165. The summed E-state index contributed by atoms with van der Waals surface area (Å²) < 4.78 is 11.6. The van der Waals surface area contributed by atoms with E-state index in [2.05, 4.69) is 0 Å². The standard InChI is InChI=1S/C24H44N2O6/c1-10-21(29)16(2)11-12-22(32-24(30)19(5)25(7)8)18(4)23(31-20(6)28)17(3)13-14-26(9)15-27/h13-19,21-23,29H,10-12H2,1-9H3/b14-13+/t16-,17+,18-,19?,21+,22+,23+/m0/s1. The van der Waals surface area contributed by atoms with Crippen LogP contribution in [0.3, 0.4) is 0 Å². The van der Waals surface area contributed by atoms with Gasteiger partial charge in [-0.05, 0) is 46.2 Å². The monoisotopic (exact) mass is 456 g/mol. The van der Waals surface area contributed by atoms with Crippen molar-refractivity contribution in [1.29, 1.82) is 0 Å². The fraction of sp³-hybridized carbons (Fsp3) is 0.792. The lowest BCUT2D eigenvalue weighted by atomic mass is 9.85. The number of amides is 1. The van der Waals surface area contributed by atoms with Gasteiger partial charge in [-0.15, -0.1) is 0 Å². The summed E-state index contributed by atoms with van der Waals surface area (Å²) in [6.45, 7) is 10.8. The van der Waals surface area contributed by atoms with Crippen LogP contribution in [0, 0.1) is 17.8 Å². The maximum Gasteiger partial charge on any atom is 0.323 e. The van der Waals surface area contributed by atoms with Crippen molar-refractivity contribution < 1.29 is 29.0 Å². The van der Waals surface area contributed by atoms with Gasteiger partial charge in [-0.25, -0.2) is 0 Å². The first-order valence-corrected chi connectivity index (χ1v) is 11.4. The number of carbonyl (C=O) groups is 3. The summed E-state index contributed by atoms with van der Waals surface area (Å²) in [6.07, 6.45) is 4.48. The normalized spacial score (nSPS) is 18.3. The van der Waals surface area contributed by atoms with Crippen LogP contribution in [0.2, 0.25) is 0 Å². The number of rotatable bonds is 15. The third kappa shape index (κ3) is 10.6. The van der Waals surface area contributed by atoms with Crippen LogP contribution in [-0.2, 0) is 23.9 Å². The summed E-state index contributed by atoms with van der Waals surface area (Å²) in [5, 5.41) is 10.2. The van der Waals surface area contributed by atoms with Crippen molar-refractivity contribution in [2.75, 3.05) is 21.1 Å². The van der Waals surface area contributed by atoms with E-state index >= 15 is 0 Å². The highest BCUT2D eigenvalue weighted by atomic mass is 16.6. The van der Waals surface area contributed by atoms with Gasteiger partial charge >= 0.3 is 11.9 Å². The second kappa shape index (κ2) is 15.0. The fourth-order valence-corrected chi connectivity index (χ4v) is 3.42. The van der Waals surface area contributed by atoms with Gasteiger partial charge < -0.3 is 19.5 Å². The largest absolute Gasteiger partial charge is 0.462 e. The van der Waals surface area contributed by atoms with E-state index in [9.17, 15) is 19.5 Å². The van der Waals surface area contributed by atoms with Crippen LogP contribution in [0.4, 0.5) is 0 Å². The Morgan fingerprint density at radius 1 is 1.03 bits per heavy atom. The van der Waals surface area contributed by atoms with E-state index in [-0.39, 0.29) is 23.7 Å². The van der Waals surface area contributed by atoms with Crippen molar-refractivity contribution in [3.05, 3.63) is 12.3 Å². The number of nitrogens with zero attached hydrogens (tertiary/aromatic N) is 2. The Morgan fingerprint density at radius 3 is 2.09 bits per heavy atom. The average Bonchev–Trinajstić information content (AvgIpc) is 2.75. The molecule has 7 atom stereocenters. The van der Waals surface area contributed by atoms with Gasteiger partial charge in [0.15, 0.2) is 0 Å².